The predicted molar refractivity (Wildman–Crippen MR) is 76.5 cm³/mol. The van der Waals surface area contributed by atoms with E-state index in [4.69, 9.17) is 10.00 Å². The van der Waals surface area contributed by atoms with Crippen LogP contribution in [0.5, 0.6) is 5.75 Å². The number of carbonyl (C=O) groups excluding carboxylic acids is 1. The van der Waals surface area contributed by atoms with E-state index in [1.807, 2.05) is 6.07 Å². The first-order valence-corrected chi connectivity index (χ1v) is 8.15. The Morgan fingerprint density at radius 2 is 1.90 bits per heavy atom. The van der Waals surface area contributed by atoms with Crippen LogP contribution < -0.4 is 4.74 Å². The normalized spacial score (nSPS) is 10.7. The van der Waals surface area contributed by atoms with Gasteiger partial charge in [-0.1, -0.05) is 12.1 Å². The number of nitrogens with zero attached hydrogens (tertiary/aromatic N) is 1. The summed E-state index contributed by atoms with van der Waals surface area (Å²) in [4.78, 5) is 10.9. The number of hydrogen-bond acceptors (Lipinski definition) is 6. The third kappa shape index (κ3) is 6.77. The zero-order valence-electron chi connectivity index (χ0n) is 11.7. The first-order valence-electron chi connectivity index (χ1n) is 6.33. The highest BCUT2D eigenvalue weighted by Gasteiger charge is 2.14. The van der Waals surface area contributed by atoms with Crippen molar-refractivity contribution in [2.45, 2.75) is 12.8 Å². The molecule has 0 N–H and O–H groups in total. The van der Waals surface area contributed by atoms with Gasteiger partial charge in [0, 0.05) is 0 Å². The van der Waals surface area contributed by atoms with Gasteiger partial charge in [-0.2, -0.15) is 5.26 Å². The van der Waals surface area contributed by atoms with Gasteiger partial charge in [0.15, 0.2) is 9.84 Å². The standard InChI is InChI=1S/C14H17NO5S/c1-19-14(16)7-10-21(17,18)11-9-20-13-4-2-12(3-5-13)6-8-15/h2-5H,6-7,9-11H2,1H3. The fourth-order valence-electron chi connectivity index (χ4n) is 1.52. The van der Waals surface area contributed by atoms with E-state index in [-0.39, 0.29) is 24.5 Å². The van der Waals surface area contributed by atoms with E-state index in [2.05, 4.69) is 4.74 Å². The fraction of sp³-hybridized carbons (Fsp3) is 0.429. The molecule has 0 radical (unpaired) electrons. The lowest BCUT2D eigenvalue weighted by molar-refractivity contribution is -0.140. The first-order chi connectivity index (χ1) is 9.96. The lowest BCUT2D eigenvalue weighted by Gasteiger charge is -2.07. The minimum Gasteiger partial charge on any atom is -0.493 e. The van der Waals surface area contributed by atoms with E-state index in [1.165, 1.54) is 7.11 Å². The van der Waals surface area contributed by atoms with Crippen molar-refractivity contribution >= 4 is 15.8 Å². The van der Waals surface area contributed by atoms with Crippen molar-refractivity contribution in [3.05, 3.63) is 29.8 Å². The quantitative estimate of drug-likeness (QED) is 0.668. The van der Waals surface area contributed by atoms with Crippen LogP contribution in [0.2, 0.25) is 0 Å². The van der Waals surface area contributed by atoms with Gasteiger partial charge in [-0.05, 0) is 17.7 Å². The maximum Gasteiger partial charge on any atom is 0.306 e. The van der Waals surface area contributed by atoms with Crippen molar-refractivity contribution in [2.24, 2.45) is 0 Å². The summed E-state index contributed by atoms with van der Waals surface area (Å²) in [6.07, 6.45) is 0.171. The average Bonchev–Trinajstić information content (AvgIpc) is 2.47. The smallest absolute Gasteiger partial charge is 0.306 e. The third-order valence-electron chi connectivity index (χ3n) is 2.71. The molecule has 0 heterocycles. The van der Waals surface area contributed by atoms with Crippen molar-refractivity contribution < 1.29 is 22.7 Å². The molecule has 7 heteroatoms. The van der Waals surface area contributed by atoms with Crippen molar-refractivity contribution in [1.29, 1.82) is 5.26 Å². The maximum absolute atomic E-state index is 11.7. The second kappa shape index (κ2) is 8.27. The van der Waals surface area contributed by atoms with E-state index in [1.54, 1.807) is 24.3 Å². The number of methoxy groups -OCH3 is 1. The summed E-state index contributed by atoms with van der Waals surface area (Å²) in [7, 11) is -2.13. The van der Waals surface area contributed by atoms with Crippen molar-refractivity contribution in [3.63, 3.8) is 0 Å². The van der Waals surface area contributed by atoms with Crippen molar-refractivity contribution in [3.8, 4) is 11.8 Å². The molecule has 0 aliphatic rings. The number of benzene rings is 1. The Bertz CT molecular complexity index is 601. The topological polar surface area (TPSA) is 93.5 Å². The number of nitriles is 1. The van der Waals surface area contributed by atoms with Gasteiger partial charge >= 0.3 is 5.97 Å². The van der Waals surface area contributed by atoms with Gasteiger partial charge < -0.3 is 9.47 Å². The molecular formula is C14H17NO5S. The summed E-state index contributed by atoms with van der Waals surface area (Å²) in [5.74, 6) is -0.416. The lowest BCUT2D eigenvalue weighted by atomic mass is 10.2. The van der Waals surface area contributed by atoms with Crippen LogP contribution in [0.3, 0.4) is 0 Å². The molecule has 0 atom stereocenters. The SMILES string of the molecule is COC(=O)CCS(=O)(=O)CCOc1ccc(CC#N)cc1. The highest BCUT2D eigenvalue weighted by Crippen LogP contribution is 2.12. The van der Waals surface area contributed by atoms with Gasteiger partial charge in [0.2, 0.25) is 0 Å². The monoisotopic (exact) mass is 311 g/mol. The summed E-state index contributed by atoms with van der Waals surface area (Å²) < 4.78 is 33.0. The molecule has 1 rings (SSSR count). The zero-order chi connectivity index (χ0) is 15.7. The van der Waals surface area contributed by atoms with Gasteiger partial charge in [0.1, 0.15) is 12.4 Å². The number of rotatable bonds is 8. The van der Waals surface area contributed by atoms with Gasteiger partial charge in [-0.25, -0.2) is 8.42 Å². The molecule has 0 aliphatic carbocycles. The lowest BCUT2D eigenvalue weighted by Crippen LogP contribution is -2.19. The van der Waals surface area contributed by atoms with Crippen LogP contribution in [0.1, 0.15) is 12.0 Å². The van der Waals surface area contributed by atoms with Crippen LogP contribution >= 0.6 is 0 Å². The Morgan fingerprint density at radius 1 is 1.24 bits per heavy atom. The fourth-order valence-corrected chi connectivity index (χ4v) is 2.54. The second-order valence-corrected chi connectivity index (χ2v) is 6.61. The minimum absolute atomic E-state index is 0.0150. The van der Waals surface area contributed by atoms with Gasteiger partial charge in [0.05, 0.1) is 37.5 Å². The van der Waals surface area contributed by atoms with Crippen molar-refractivity contribution in [1.82, 2.24) is 0 Å². The molecule has 0 saturated carbocycles. The molecule has 1 aromatic rings. The Kier molecular flexibility index (Phi) is 6.69. The predicted octanol–water partition coefficient (Wildman–Crippen LogP) is 1.11. The highest BCUT2D eigenvalue weighted by molar-refractivity contribution is 7.91. The number of hydrogen-bond donors (Lipinski definition) is 0. The molecule has 1 aromatic carbocycles. The first kappa shape index (κ1) is 17.0. The molecule has 0 unspecified atom stereocenters. The van der Waals surface area contributed by atoms with Crippen LogP contribution in [0.4, 0.5) is 0 Å². The maximum atomic E-state index is 11.7. The molecule has 21 heavy (non-hydrogen) atoms. The van der Waals surface area contributed by atoms with Gasteiger partial charge in [-0.15, -0.1) is 0 Å². The zero-order valence-corrected chi connectivity index (χ0v) is 12.6. The van der Waals surface area contributed by atoms with E-state index in [9.17, 15) is 13.2 Å². The van der Waals surface area contributed by atoms with E-state index >= 15 is 0 Å². The van der Waals surface area contributed by atoms with Crippen LogP contribution in [-0.2, 0) is 25.8 Å². The number of sulfone groups is 1. The van der Waals surface area contributed by atoms with Crippen molar-refractivity contribution in [2.75, 3.05) is 25.2 Å². The third-order valence-corrected chi connectivity index (χ3v) is 4.33. The molecule has 0 aliphatic heterocycles. The van der Waals surface area contributed by atoms with Crippen LogP contribution in [-0.4, -0.2) is 39.6 Å². The Hall–Kier alpha value is -2.07. The summed E-state index contributed by atoms with van der Waals surface area (Å²) >= 11 is 0. The molecule has 0 fully saturated rings. The number of ether oxygens (including phenoxy) is 2. The number of carbonyl (C=O) groups is 1. The Morgan fingerprint density at radius 3 is 2.48 bits per heavy atom. The van der Waals surface area contributed by atoms with E-state index in [0.29, 0.717) is 12.2 Å². The molecular weight excluding hydrogens is 294 g/mol. The summed E-state index contributed by atoms with van der Waals surface area (Å²) in [6, 6.07) is 8.92. The highest BCUT2D eigenvalue weighted by atomic mass is 32.2. The molecule has 0 saturated heterocycles. The average molecular weight is 311 g/mol. The molecule has 6 nitrogen and oxygen atoms in total. The second-order valence-electron chi connectivity index (χ2n) is 4.31. The van der Waals surface area contributed by atoms with Crippen LogP contribution in [0.25, 0.3) is 0 Å². The molecule has 0 amide bonds. The minimum atomic E-state index is -3.34. The molecule has 114 valence electrons. The summed E-state index contributed by atoms with van der Waals surface area (Å²) in [6.45, 7) is 0.0150. The summed E-state index contributed by atoms with van der Waals surface area (Å²) in [5, 5.41) is 8.55. The molecule has 0 aromatic heterocycles. The summed E-state index contributed by atoms with van der Waals surface area (Å²) in [5.41, 5.74) is 0.871. The van der Waals surface area contributed by atoms with Gasteiger partial charge in [0.25, 0.3) is 0 Å². The van der Waals surface area contributed by atoms with E-state index < -0.39 is 15.8 Å². The Labute approximate surface area is 124 Å². The van der Waals surface area contributed by atoms with Crippen LogP contribution in [0.15, 0.2) is 24.3 Å². The number of esters is 1. The molecule has 0 spiro atoms. The molecule has 0 bridgehead atoms. The van der Waals surface area contributed by atoms with Crippen LogP contribution in [0, 0.1) is 11.3 Å². The largest absolute Gasteiger partial charge is 0.493 e. The Balaban J connectivity index is 2.38. The van der Waals surface area contributed by atoms with E-state index in [0.717, 1.165) is 5.56 Å². The van der Waals surface area contributed by atoms with Gasteiger partial charge in [-0.3, -0.25) is 4.79 Å².